The monoisotopic (exact) mass is 318 g/mol. The molecule has 1 aromatic carbocycles. The van der Waals surface area contributed by atoms with Gasteiger partial charge < -0.3 is 14.2 Å². The Morgan fingerprint density at radius 2 is 1.83 bits per heavy atom. The largest absolute Gasteiger partial charge is 0.451 e. The van der Waals surface area contributed by atoms with Crippen LogP contribution in [-0.4, -0.2) is 35.0 Å². The van der Waals surface area contributed by atoms with Crippen molar-refractivity contribution in [1.29, 1.82) is 0 Å². The van der Waals surface area contributed by atoms with Crippen LogP contribution in [0.15, 0.2) is 36.4 Å². The molecular formula is C17H19FN2O3. The lowest BCUT2D eigenvalue weighted by Gasteiger charge is -2.17. The first-order valence-corrected chi connectivity index (χ1v) is 7.16. The number of carbonyl (C=O) groups is 2. The molecule has 1 heterocycles. The van der Waals surface area contributed by atoms with Crippen LogP contribution in [0, 0.1) is 12.7 Å². The van der Waals surface area contributed by atoms with Gasteiger partial charge in [-0.3, -0.25) is 4.79 Å². The molecule has 0 N–H and O–H groups in total. The molecule has 23 heavy (non-hydrogen) atoms. The number of benzene rings is 1. The van der Waals surface area contributed by atoms with Crippen LogP contribution in [0.2, 0.25) is 0 Å². The molecule has 0 radical (unpaired) electrons. The van der Waals surface area contributed by atoms with Gasteiger partial charge in [-0.15, -0.1) is 0 Å². The molecule has 2 rings (SSSR count). The highest BCUT2D eigenvalue weighted by Crippen LogP contribution is 2.08. The van der Waals surface area contributed by atoms with E-state index in [9.17, 15) is 14.0 Å². The Balaban J connectivity index is 1.87. The number of likely N-dealkylation sites (N-methyl/N-ethyl adjacent to an activating group) is 1. The average molecular weight is 318 g/mol. The van der Waals surface area contributed by atoms with E-state index in [1.54, 1.807) is 42.9 Å². The number of ether oxygens (including phenoxy) is 1. The number of nitrogens with zero attached hydrogens (tertiary/aromatic N) is 2. The van der Waals surface area contributed by atoms with Crippen molar-refractivity contribution in [3.8, 4) is 0 Å². The summed E-state index contributed by atoms with van der Waals surface area (Å²) in [5.41, 5.74) is 2.12. The predicted molar refractivity (Wildman–Crippen MR) is 83.3 cm³/mol. The standard InChI is InChI=1S/C17H19FN2O3/c1-12-4-9-15(20(12)3)17(22)23-11-16(21)19(2)10-13-5-7-14(18)8-6-13/h4-9H,10-11H2,1-3H3. The minimum atomic E-state index is -0.538. The fraction of sp³-hybridized carbons (Fsp3) is 0.294. The smallest absolute Gasteiger partial charge is 0.355 e. The van der Waals surface area contributed by atoms with Gasteiger partial charge in [-0.25, -0.2) is 9.18 Å². The van der Waals surface area contributed by atoms with E-state index in [1.165, 1.54) is 17.0 Å². The van der Waals surface area contributed by atoms with Crippen molar-refractivity contribution in [2.24, 2.45) is 7.05 Å². The van der Waals surface area contributed by atoms with Crippen molar-refractivity contribution in [2.75, 3.05) is 13.7 Å². The second-order valence-corrected chi connectivity index (χ2v) is 5.37. The van der Waals surface area contributed by atoms with Crippen LogP contribution in [0.3, 0.4) is 0 Å². The first-order valence-electron chi connectivity index (χ1n) is 7.16. The van der Waals surface area contributed by atoms with Gasteiger partial charge in [-0.1, -0.05) is 12.1 Å². The van der Waals surface area contributed by atoms with Gasteiger partial charge >= 0.3 is 5.97 Å². The van der Waals surface area contributed by atoms with Gasteiger partial charge in [0.2, 0.25) is 0 Å². The highest BCUT2D eigenvalue weighted by Gasteiger charge is 2.16. The third-order valence-corrected chi connectivity index (χ3v) is 3.67. The Hall–Kier alpha value is -2.63. The molecule has 0 unspecified atom stereocenters. The number of aromatic nitrogens is 1. The summed E-state index contributed by atoms with van der Waals surface area (Å²) < 4.78 is 19.6. The lowest BCUT2D eigenvalue weighted by atomic mass is 10.2. The number of hydrogen-bond donors (Lipinski definition) is 0. The van der Waals surface area contributed by atoms with E-state index in [-0.39, 0.29) is 18.3 Å². The third kappa shape index (κ3) is 4.18. The van der Waals surface area contributed by atoms with E-state index in [4.69, 9.17) is 4.74 Å². The van der Waals surface area contributed by atoms with E-state index in [2.05, 4.69) is 0 Å². The van der Waals surface area contributed by atoms with Crippen molar-refractivity contribution in [3.05, 3.63) is 59.2 Å². The van der Waals surface area contributed by atoms with Crippen LogP contribution in [-0.2, 0) is 23.1 Å². The van der Waals surface area contributed by atoms with Gasteiger partial charge in [0.25, 0.3) is 5.91 Å². The Kier molecular flexibility index (Phi) is 5.16. The summed E-state index contributed by atoms with van der Waals surface area (Å²) in [6.07, 6.45) is 0. The zero-order valence-electron chi connectivity index (χ0n) is 13.4. The summed E-state index contributed by atoms with van der Waals surface area (Å²) in [5, 5.41) is 0. The van der Waals surface area contributed by atoms with E-state index in [0.29, 0.717) is 12.2 Å². The molecule has 0 atom stereocenters. The molecule has 0 saturated carbocycles. The fourth-order valence-corrected chi connectivity index (χ4v) is 2.08. The normalized spacial score (nSPS) is 10.4. The fourth-order valence-electron chi connectivity index (χ4n) is 2.08. The Bertz CT molecular complexity index is 707. The number of amides is 1. The Labute approximate surface area is 134 Å². The quantitative estimate of drug-likeness (QED) is 0.795. The summed E-state index contributed by atoms with van der Waals surface area (Å²) in [6, 6.07) is 9.36. The molecule has 0 aliphatic heterocycles. The first kappa shape index (κ1) is 16.7. The van der Waals surface area contributed by atoms with Gasteiger partial charge in [0.05, 0.1) is 0 Å². The number of rotatable bonds is 5. The van der Waals surface area contributed by atoms with E-state index >= 15 is 0 Å². The number of esters is 1. The number of hydrogen-bond acceptors (Lipinski definition) is 3. The topological polar surface area (TPSA) is 51.5 Å². The molecule has 1 aromatic heterocycles. The maximum Gasteiger partial charge on any atom is 0.355 e. The summed E-state index contributed by atoms with van der Waals surface area (Å²) in [7, 11) is 3.36. The van der Waals surface area contributed by atoms with Crippen molar-refractivity contribution in [2.45, 2.75) is 13.5 Å². The molecule has 0 spiro atoms. The highest BCUT2D eigenvalue weighted by atomic mass is 19.1. The minimum absolute atomic E-state index is 0.319. The molecule has 0 aliphatic rings. The third-order valence-electron chi connectivity index (χ3n) is 3.67. The zero-order chi connectivity index (χ0) is 17.0. The maximum atomic E-state index is 12.8. The molecular weight excluding hydrogens is 299 g/mol. The van der Waals surface area contributed by atoms with E-state index in [1.807, 2.05) is 6.92 Å². The van der Waals surface area contributed by atoms with Gasteiger partial charge in [-0.2, -0.15) is 0 Å². The van der Waals surface area contributed by atoms with Gasteiger partial charge in [-0.05, 0) is 36.8 Å². The second kappa shape index (κ2) is 7.09. The maximum absolute atomic E-state index is 12.8. The van der Waals surface area contributed by atoms with Crippen molar-refractivity contribution in [1.82, 2.24) is 9.47 Å². The van der Waals surface area contributed by atoms with Gasteiger partial charge in [0.15, 0.2) is 6.61 Å². The summed E-state index contributed by atoms with van der Waals surface area (Å²) in [6.45, 7) is 1.86. The molecule has 6 heteroatoms. The molecule has 0 fully saturated rings. The van der Waals surface area contributed by atoms with Crippen LogP contribution >= 0.6 is 0 Å². The molecule has 2 aromatic rings. The summed E-state index contributed by atoms with van der Waals surface area (Å²) >= 11 is 0. The zero-order valence-corrected chi connectivity index (χ0v) is 13.4. The highest BCUT2D eigenvalue weighted by molar-refractivity contribution is 5.90. The molecule has 122 valence electrons. The van der Waals surface area contributed by atoms with E-state index in [0.717, 1.165) is 11.3 Å². The van der Waals surface area contributed by atoms with Crippen molar-refractivity contribution >= 4 is 11.9 Å². The van der Waals surface area contributed by atoms with Crippen molar-refractivity contribution < 1.29 is 18.7 Å². The molecule has 0 bridgehead atoms. The van der Waals surface area contributed by atoms with Crippen LogP contribution in [0.25, 0.3) is 0 Å². The molecule has 0 saturated heterocycles. The minimum Gasteiger partial charge on any atom is -0.451 e. The Morgan fingerprint density at radius 1 is 1.17 bits per heavy atom. The van der Waals surface area contributed by atoms with Crippen LogP contribution in [0.5, 0.6) is 0 Å². The SMILES string of the molecule is Cc1ccc(C(=O)OCC(=O)N(C)Cc2ccc(F)cc2)n1C. The first-order chi connectivity index (χ1) is 10.9. The molecule has 5 nitrogen and oxygen atoms in total. The molecule has 1 amide bonds. The molecule has 0 aliphatic carbocycles. The lowest BCUT2D eigenvalue weighted by Crippen LogP contribution is -2.31. The average Bonchev–Trinajstić information content (AvgIpc) is 2.86. The van der Waals surface area contributed by atoms with Crippen LogP contribution < -0.4 is 0 Å². The number of carbonyl (C=O) groups excluding carboxylic acids is 2. The van der Waals surface area contributed by atoms with Gasteiger partial charge in [0.1, 0.15) is 11.5 Å². The lowest BCUT2D eigenvalue weighted by molar-refractivity contribution is -0.133. The second-order valence-electron chi connectivity index (χ2n) is 5.37. The predicted octanol–water partition coefficient (Wildman–Crippen LogP) is 2.29. The van der Waals surface area contributed by atoms with E-state index < -0.39 is 5.97 Å². The number of aryl methyl sites for hydroxylation is 1. The van der Waals surface area contributed by atoms with Gasteiger partial charge in [0, 0.05) is 26.3 Å². The van der Waals surface area contributed by atoms with Crippen LogP contribution in [0.1, 0.15) is 21.7 Å². The summed E-state index contributed by atoms with van der Waals surface area (Å²) in [5.74, 6) is -1.19. The van der Waals surface area contributed by atoms with Crippen molar-refractivity contribution in [3.63, 3.8) is 0 Å². The number of halogens is 1. The van der Waals surface area contributed by atoms with Crippen LogP contribution in [0.4, 0.5) is 4.39 Å². The Morgan fingerprint density at radius 3 is 2.39 bits per heavy atom. The summed E-state index contributed by atoms with van der Waals surface area (Å²) in [4.78, 5) is 25.4.